The maximum Gasteiger partial charge on any atom is 0.0528 e. The number of aryl methyl sites for hydroxylation is 1. The Bertz CT molecular complexity index is 338. The van der Waals surface area contributed by atoms with E-state index >= 15 is 0 Å². The van der Waals surface area contributed by atoms with Gasteiger partial charge in [0.2, 0.25) is 0 Å². The summed E-state index contributed by atoms with van der Waals surface area (Å²) in [5.74, 6) is 0. The van der Waals surface area contributed by atoms with Crippen LogP contribution < -0.4 is 10.6 Å². The minimum atomic E-state index is 0.299. The van der Waals surface area contributed by atoms with E-state index in [-0.39, 0.29) is 0 Å². The number of nitrogen functional groups attached to an aromatic ring is 1. The van der Waals surface area contributed by atoms with Crippen molar-refractivity contribution in [2.75, 3.05) is 23.7 Å². The predicted octanol–water partition coefficient (Wildman–Crippen LogP) is 2.39. The first kappa shape index (κ1) is 9.66. The lowest BCUT2D eigenvalue weighted by Crippen LogP contribution is -2.19. The van der Waals surface area contributed by atoms with Crippen LogP contribution in [0.1, 0.15) is 12.0 Å². The summed E-state index contributed by atoms with van der Waals surface area (Å²) in [6, 6.07) is 6.16. The number of nitrogens with zero attached hydrogens (tertiary/aromatic N) is 1. The fraction of sp³-hybridized carbons (Fsp3) is 0.455. The molecule has 1 aliphatic heterocycles. The van der Waals surface area contributed by atoms with Gasteiger partial charge >= 0.3 is 0 Å². The maximum atomic E-state index is 6.06. The number of rotatable bonds is 1. The molecule has 0 aliphatic carbocycles. The van der Waals surface area contributed by atoms with Crippen LogP contribution in [0, 0.1) is 6.92 Å². The normalized spacial score (nSPS) is 21.6. The Morgan fingerprint density at radius 2 is 2.29 bits per heavy atom. The van der Waals surface area contributed by atoms with Crippen molar-refractivity contribution in [1.29, 1.82) is 0 Å². The van der Waals surface area contributed by atoms with Crippen LogP contribution in [0.4, 0.5) is 11.4 Å². The number of benzene rings is 1. The zero-order chi connectivity index (χ0) is 10.1. The number of nitrogens with two attached hydrogens (primary N) is 1. The minimum Gasteiger partial charge on any atom is -0.399 e. The lowest BCUT2D eigenvalue weighted by atomic mass is 10.2. The largest absolute Gasteiger partial charge is 0.399 e. The van der Waals surface area contributed by atoms with Crippen LogP contribution in [0.3, 0.4) is 0 Å². The molecule has 0 spiro atoms. The fourth-order valence-electron chi connectivity index (χ4n) is 1.81. The standard InChI is InChI=1S/C11H15ClN2/c1-8-6-10(2-3-11(8)13)14-5-4-9(12)7-14/h2-3,6,9H,4-5,7,13H2,1H3. The van der Waals surface area contributed by atoms with Gasteiger partial charge in [0, 0.05) is 24.5 Å². The number of alkyl halides is 1. The van der Waals surface area contributed by atoms with Crippen LogP contribution in [0.25, 0.3) is 0 Å². The van der Waals surface area contributed by atoms with Gasteiger partial charge in [0.05, 0.1) is 5.38 Å². The molecule has 0 radical (unpaired) electrons. The third kappa shape index (κ3) is 1.80. The van der Waals surface area contributed by atoms with Crippen molar-refractivity contribution in [3.63, 3.8) is 0 Å². The monoisotopic (exact) mass is 210 g/mol. The van der Waals surface area contributed by atoms with Gasteiger partial charge in [0.15, 0.2) is 0 Å². The number of anilines is 2. The Morgan fingerprint density at radius 3 is 2.86 bits per heavy atom. The smallest absolute Gasteiger partial charge is 0.0528 e. The molecule has 3 heteroatoms. The van der Waals surface area contributed by atoms with Crippen LogP contribution in [-0.2, 0) is 0 Å². The average molecular weight is 211 g/mol. The first-order valence-corrected chi connectivity index (χ1v) is 5.35. The molecule has 1 unspecified atom stereocenters. The summed E-state index contributed by atoms with van der Waals surface area (Å²) in [5, 5.41) is 0.299. The summed E-state index contributed by atoms with van der Waals surface area (Å²) in [7, 11) is 0. The third-order valence-electron chi connectivity index (χ3n) is 2.75. The first-order chi connectivity index (χ1) is 6.66. The Hall–Kier alpha value is -0.890. The van der Waals surface area contributed by atoms with Crippen molar-refractivity contribution in [2.45, 2.75) is 18.7 Å². The molecule has 1 aliphatic rings. The Labute approximate surface area is 89.7 Å². The molecular formula is C11H15ClN2. The van der Waals surface area contributed by atoms with E-state index in [0.717, 1.165) is 30.8 Å². The van der Waals surface area contributed by atoms with Crippen LogP contribution in [-0.4, -0.2) is 18.5 Å². The van der Waals surface area contributed by atoms with E-state index < -0.39 is 0 Å². The second kappa shape index (κ2) is 3.70. The highest BCUT2D eigenvalue weighted by Crippen LogP contribution is 2.25. The van der Waals surface area contributed by atoms with E-state index in [1.807, 2.05) is 13.0 Å². The number of hydrogen-bond donors (Lipinski definition) is 1. The van der Waals surface area contributed by atoms with Gasteiger partial charge in [0.1, 0.15) is 0 Å². The molecule has 2 nitrogen and oxygen atoms in total. The Balaban J connectivity index is 2.20. The van der Waals surface area contributed by atoms with E-state index in [1.165, 1.54) is 5.69 Å². The summed E-state index contributed by atoms with van der Waals surface area (Å²) in [5.41, 5.74) is 9.00. The van der Waals surface area contributed by atoms with E-state index in [9.17, 15) is 0 Å². The van der Waals surface area contributed by atoms with Gasteiger partial charge in [-0.25, -0.2) is 0 Å². The van der Waals surface area contributed by atoms with Gasteiger partial charge in [-0.1, -0.05) is 0 Å². The highest BCUT2D eigenvalue weighted by molar-refractivity contribution is 6.21. The third-order valence-corrected chi connectivity index (χ3v) is 3.11. The topological polar surface area (TPSA) is 29.3 Å². The number of hydrogen-bond acceptors (Lipinski definition) is 2. The van der Waals surface area contributed by atoms with Crippen molar-refractivity contribution < 1.29 is 0 Å². The number of halogens is 1. The molecule has 1 aromatic carbocycles. The molecule has 1 heterocycles. The lowest BCUT2D eigenvalue weighted by Gasteiger charge is -2.18. The van der Waals surface area contributed by atoms with E-state index in [0.29, 0.717) is 5.38 Å². The van der Waals surface area contributed by atoms with Crippen molar-refractivity contribution in [3.05, 3.63) is 23.8 Å². The molecule has 14 heavy (non-hydrogen) atoms. The molecule has 1 saturated heterocycles. The molecule has 0 bridgehead atoms. The molecule has 1 fully saturated rings. The minimum absolute atomic E-state index is 0.299. The first-order valence-electron chi connectivity index (χ1n) is 4.92. The average Bonchev–Trinajstić information content (AvgIpc) is 2.57. The van der Waals surface area contributed by atoms with Gasteiger partial charge in [-0.2, -0.15) is 0 Å². The van der Waals surface area contributed by atoms with Gasteiger partial charge in [0.25, 0.3) is 0 Å². The summed E-state index contributed by atoms with van der Waals surface area (Å²) in [6.45, 7) is 4.04. The second-order valence-corrected chi connectivity index (χ2v) is 4.49. The van der Waals surface area contributed by atoms with Crippen molar-refractivity contribution in [1.82, 2.24) is 0 Å². The van der Waals surface area contributed by atoms with E-state index in [1.54, 1.807) is 0 Å². The summed E-state index contributed by atoms with van der Waals surface area (Å²) >= 11 is 6.06. The van der Waals surface area contributed by atoms with Gasteiger partial charge < -0.3 is 10.6 Å². The summed E-state index contributed by atoms with van der Waals surface area (Å²) in [6.07, 6.45) is 1.07. The van der Waals surface area contributed by atoms with Crippen molar-refractivity contribution in [2.24, 2.45) is 0 Å². The molecule has 1 aromatic rings. The van der Waals surface area contributed by atoms with Crippen LogP contribution in [0.5, 0.6) is 0 Å². The van der Waals surface area contributed by atoms with Gasteiger partial charge in [-0.3, -0.25) is 0 Å². The van der Waals surface area contributed by atoms with Crippen LogP contribution >= 0.6 is 11.6 Å². The van der Waals surface area contributed by atoms with E-state index in [2.05, 4.69) is 17.0 Å². The SMILES string of the molecule is Cc1cc(N2CCC(Cl)C2)ccc1N. The Morgan fingerprint density at radius 1 is 1.50 bits per heavy atom. The zero-order valence-electron chi connectivity index (χ0n) is 8.33. The highest BCUT2D eigenvalue weighted by atomic mass is 35.5. The molecular weight excluding hydrogens is 196 g/mol. The molecule has 0 saturated carbocycles. The molecule has 76 valence electrons. The van der Waals surface area contributed by atoms with Crippen LogP contribution in [0.15, 0.2) is 18.2 Å². The molecule has 2 rings (SSSR count). The molecule has 1 atom stereocenters. The zero-order valence-corrected chi connectivity index (χ0v) is 9.09. The van der Waals surface area contributed by atoms with Crippen molar-refractivity contribution in [3.8, 4) is 0 Å². The lowest BCUT2D eigenvalue weighted by molar-refractivity contribution is 0.958. The quantitative estimate of drug-likeness (QED) is 0.570. The van der Waals surface area contributed by atoms with Gasteiger partial charge in [-0.05, 0) is 37.1 Å². The van der Waals surface area contributed by atoms with Crippen LogP contribution in [0.2, 0.25) is 0 Å². The summed E-state index contributed by atoms with van der Waals surface area (Å²) < 4.78 is 0. The molecule has 2 N–H and O–H groups in total. The van der Waals surface area contributed by atoms with Crippen molar-refractivity contribution >= 4 is 23.0 Å². The second-order valence-electron chi connectivity index (χ2n) is 3.87. The Kier molecular flexibility index (Phi) is 2.55. The fourth-order valence-corrected chi connectivity index (χ4v) is 2.07. The summed E-state index contributed by atoms with van der Waals surface area (Å²) in [4.78, 5) is 2.31. The molecule has 0 amide bonds. The highest BCUT2D eigenvalue weighted by Gasteiger charge is 2.20. The van der Waals surface area contributed by atoms with E-state index in [4.69, 9.17) is 17.3 Å². The molecule has 0 aromatic heterocycles. The predicted molar refractivity (Wildman–Crippen MR) is 62.1 cm³/mol. The van der Waals surface area contributed by atoms with Gasteiger partial charge in [-0.15, -0.1) is 11.6 Å². The maximum absolute atomic E-state index is 6.06.